The molecule has 0 spiro atoms. The van der Waals surface area contributed by atoms with Crippen molar-refractivity contribution in [1.82, 2.24) is 0 Å². The van der Waals surface area contributed by atoms with Gasteiger partial charge in [0.1, 0.15) is 5.60 Å². The molecule has 2 fully saturated rings. The minimum absolute atomic E-state index is 0.129. The minimum Gasteiger partial charge on any atom is -0.495 e. The van der Waals surface area contributed by atoms with E-state index in [9.17, 15) is 0 Å². The molecule has 0 radical (unpaired) electrons. The predicted octanol–water partition coefficient (Wildman–Crippen LogP) is 5.85. The Morgan fingerprint density at radius 1 is 0.947 bits per heavy atom. The smallest absolute Gasteiger partial charge is 0.111 e. The Kier molecular flexibility index (Phi) is 5.78. The maximum absolute atomic E-state index is 6.18. The van der Waals surface area contributed by atoms with Crippen LogP contribution >= 0.6 is 0 Å². The van der Waals surface area contributed by atoms with Crippen LogP contribution in [0.2, 0.25) is 0 Å². The lowest BCUT2D eigenvalue weighted by atomic mass is 9.67. The summed E-state index contributed by atoms with van der Waals surface area (Å²) in [6.45, 7) is 6.26. The molecule has 2 aliphatic carbocycles. The largest absolute Gasteiger partial charge is 0.495 e. The van der Waals surface area contributed by atoms with Gasteiger partial charge >= 0.3 is 0 Å². The first-order valence-corrected chi connectivity index (χ1v) is 8.55. The summed E-state index contributed by atoms with van der Waals surface area (Å²) in [6.07, 6.45) is 18.3. The van der Waals surface area contributed by atoms with Crippen LogP contribution in [0.25, 0.3) is 0 Å². The molecule has 0 amide bonds. The van der Waals surface area contributed by atoms with Gasteiger partial charge in [-0.15, -0.1) is 0 Å². The number of fused-ring (bicyclic) bond motifs is 1. The number of rotatable bonds is 2. The molecule has 0 heterocycles. The molecule has 19 heavy (non-hydrogen) atoms. The lowest BCUT2D eigenvalue weighted by Crippen LogP contribution is -2.44. The van der Waals surface area contributed by atoms with Gasteiger partial charge < -0.3 is 4.74 Å². The zero-order valence-electron chi connectivity index (χ0n) is 12.8. The van der Waals surface area contributed by atoms with Gasteiger partial charge in [-0.1, -0.05) is 58.4 Å². The third-order valence-corrected chi connectivity index (χ3v) is 5.42. The molecule has 2 rings (SSSR count). The quantitative estimate of drug-likeness (QED) is 0.569. The van der Waals surface area contributed by atoms with E-state index in [-0.39, 0.29) is 5.60 Å². The highest BCUT2D eigenvalue weighted by atomic mass is 16.5. The van der Waals surface area contributed by atoms with Crippen LogP contribution in [0.4, 0.5) is 0 Å². The van der Waals surface area contributed by atoms with Crippen molar-refractivity contribution in [2.24, 2.45) is 11.8 Å². The Morgan fingerprint density at radius 3 is 2.37 bits per heavy atom. The van der Waals surface area contributed by atoms with Crippen molar-refractivity contribution >= 4 is 0 Å². The first-order chi connectivity index (χ1) is 9.27. The van der Waals surface area contributed by atoms with Crippen molar-refractivity contribution in [3.8, 4) is 0 Å². The van der Waals surface area contributed by atoms with Crippen LogP contribution in [0.15, 0.2) is 12.8 Å². The van der Waals surface area contributed by atoms with Crippen molar-refractivity contribution in [3.05, 3.63) is 12.8 Å². The van der Waals surface area contributed by atoms with E-state index in [0.29, 0.717) is 0 Å². The molecule has 0 aliphatic heterocycles. The second-order valence-corrected chi connectivity index (χ2v) is 6.95. The molecule has 2 aliphatic rings. The molecule has 0 saturated heterocycles. The van der Waals surface area contributed by atoms with E-state index in [1.807, 2.05) is 0 Å². The van der Waals surface area contributed by atoms with Crippen molar-refractivity contribution in [3.63, 3.8) is 0 Å². The number of hydrogen-bond acceptors (Lipinski definition) is 1. The second kappa shape index (κ2) is 7.36. The van der Waals surface area contributed by atoms with Gasteiger partial charge in [-0.2, -0.15) is 0 Å². The molecular weight excluding hydrogens is 232 g/mol. The Labute approximate surface area is 119 Å². The van der Waals surface area contributed by atoms with Crippen molar-refractivity contribution in [1.29, 1.82) is 0 Å². The van der Waals surface area contributed by atoms with Gasteiger partial charge in [0.2, 0.25) is 0 Å². The van der Waals surface area contributed by atoms with Gasteiger partial charge in [-0.05, 0) is 43.9 Å². The Balaban J connectivity index is 2.09. The Hall–Kier alpha value is -0.460. The SMILES string of the molecule is C=COC12CCCCCCCCCC1CCC(C)C2. The van der Waals surface area contributed by atoms with Crippen LogP contribution in [0.3, 0.4) is 0 Å². The molecule has 0 aromatic heterocycles. The normalized spacial score (nSPS) is 37.7. The minimum atomic E-state index is 0.129. The maximum atomic E-state index is 6.18. The zero-order valence-corrected chi connectivity index (χ0v) is 12.8. The molecule has 1 heteroatoms. The second-order valence-electron chi connectivity index (χ2n) is 6.95. The molecule has 110 valence electrons. The number of ether oxygens (including phenoxy) is 1. The van der Waals surface area contributed by atoms with Gasteiger partial charge in [0, 0.05) is 0 Å². The molecule has 0 aromatic rings. The predicted molar refractivity (Wildman–Crippen MR) is 82.1 cm³/mol. The van der Waals surface area contributed by atoms with Gasteiger partial charge in [-0.25, -0.2) is 0 Å². The lowest BCUT2D eigenvalue weighted by molar-refractivity contribution is -0.0835. The highest BCUT2D eigenvalue weighted by Crippen LogP contribution is 2.45. The summed E-state index contributed by atoms with van der Waals surface area (Å²) in [5, 5.41) is 0. The summed E-state index contributed by atoms with van der Waals surface area (Å²) in [7, 11) is 0. The van der Waals surface area contributed by atoms with E-state index >= 15 is 0 Å². The summed E-state index contributed by atoms with van der Waals surface area (Å²) in [6, 6.07) is 0. The monoisotopic (exact) mass is 264 g/mol. The maximum Gasteiger partial charge on any atom is 0.111 e. The summed E-state index contributed by atoms with van der Waals surface area (Å²) in [5.41, 5.74) is 0.129. The average molecular weight is 264 g/mol. The fraction of sp³-hybridized carbons (Fsp3) is 0.889. The molecule has 0 N–H and O–H groups in total. The molecular formula is C18H32O. The lowest BCUT2D eigenvalue weighted by Gasteiger charge is -2.46. The first-order valence-electron chi connectivity index (χ1n) is 8.55. The third kappa shape index (κ3) is 4.00. The molecule has 0 bridgehead atoms. The topological polar surface area (TPSA) is 9.23 Å². The van der Waals surface area contributed by atoms with Crippen molar-refractivity contribution in [2.45, 2.75) is 89.6 Å². The summed E-state index contributed by atoms with van der Waals surface area (Å²) in [4.78, 5) is 0. The van der Waals surface area contributed by atoms with Crippen molar-refractivity contribution in [2.75, 3.05) is 0 Å². The van der Waals surface area contributed by atoms with E-state index in [1.165, 1.54) is 77.0 Å². The van der Waals surface area contributed by atoms with Crippen LogP contribution in [0.5, 0.6) is 0 Å². The fourth-order valence-corrected chi connectivity index (χ4v) is 4.39. The highest BCUT2D eigenvalue weighted by Gasteiger charge is 2.43. The van der Waals surface area contributed by atoms with Crippen LogP contribution in [-0.4, -0.2) is 5.60 Å². The van der Waals surface area contributed by atoms with E-state index in [4.69, 9.17) is 4.74 Å². The third-order valence-electron chi connectivity index (χ3n) is 5.42. The fourth-order valence-electron chi connectivity index (χ4n) is 4.39. The number of hydrogen-bond donors (Lipinski definition) is 0. The van der Waals surface area contributed by atoms with Crippen LogP contribution in [0.1, 0.15) is 84.0 Å². The van der Waals surface area contributed by atoms with E-state index < -0.39 is 0 Å². The van der Waals surface area contributed by atoms with Crippen LogP contribution < -0.4 is 0 Å². The summed E-state index contributed by atoms with van der Waals surface area (Å²) >= 11 is 0. The zero-order chi connectivity index (χ0) is 13.6. The summed E-state index contributed by atoms with van der Waals surface area (Å²) < 4.78 is 6.18. The molecule has 1 nitrogen and oxygen atoms in total. The standard InChI is InChI=1S/C18H32O/c1-3-19-18-14-10-8-6-4-5-7-9-11-17(18)13-12-16(2)15-18/h3,16-17H,1,4-15H2,2H3. The van der Waals surface area contributed by atoms with Gasteiger partial charge in [-0.3, -0.25) is 0 Å². The molecule has 2 saturated carbocycles. The van der Waals surface area contributed by atoms with Crippen LogP contribution in [-0.2, 0) is 4.74 Å². The molecule has 3 unspecified atom stereocenters. The van der Waals surface area contributed by atoms with Crippen LogP contribution in [0, 0.1) is 11.8 Å². The van der Waals surface area contributed by atoms with Gasteiger partial charge in [0.05, 0.1) is 6.26 Å². The Morgan fingerprint density at radius 2 is 1.63 bits per heavy atom. The first kappa shape index (κ1) is 14.9. The molecule has 3 atom stereocenters. The van der Waals surface area contributed by atoms with Gasteiger partial charge in [0.25, 0.3) is 0 Å². The van der Waals surface area contributed by atoms with E-state index in [0.717, 1.165) is 11.8 Å². The molecule has 0 aromatic carbocycles. The van der Waals surface area contributed by atoms with Crippen molar-refractivity contribution < 1.29 is 4.74 Å². The Bertz CT molecular complexity index is 273. The highest BCUT2D eigenvalue weighted by molar-refractivity contribution is 4.95. The average Bonchev–Trinajstić information content (AvgIpc) is 2.43. The van der Waals surface area contributed by atoms with E-state index in [1.54, 1.807) is 6.26 Å². The van der Waals surface area contributed by atoms with Gasteiger partial charge in [0.15, 0.2) is 0 Å². The van der Waals surface area contributed by atoms with E-state index in [2.05, 4.69) is 13.5 Å². The summed E-state index contributed by atoms with van der Waals surface area (Å²) in [5.74, 6) is 1.60.